The second-order valence-electron chi connectivity index (χ2n) is 5.07. The smallest absolute Gasteiger partial charge is 0.331 e. The molecule has 0 bridgehead atoms. The van der Waals surface area contributed by atoms with Crippen LogP contribution in [0.2, 0.25) is 0 Å². The van der Waals surface area contributed by atoms with Crippen molar-refractivity contribution < 1.29 is 19.1 Å². The fourth-order valence-corrected chi connectivity index (χ4v) is 2.69. The van der Waals surface area contributed by atoms with Gasteiger partial charge in [-0.25, -0.2) is 4.79 Å². The summed E-state index contributed by atoms with van der Waals surface area (Å²) in [5.74, 6) is -0.606. The van der Waals surface area contributed by atoms with Crippen LogP contribution in [0.5, 0.6) is 0 Å². The molecule has 2 aromatic heterocycles. The third-order valence-corrected chi connectivity index (χ3v) is 3.73. The summed E-state index contributed by atoms with van der Waals surface area (Å²) < 4.78 is 5.27. The Labute approximate surface area is 126 Å². The van der Waals surface area contributed by atoms with E-state index in [9.17, 15) is 14.7 Å². The Kier molecular flexibility index (Phi) is 3.86. The minimum absolute atomic E-state index is 0.204. The van der Waals surface area contributed by atoms with Crippen molar-refractivity contribution in [1.82, 2.24) is 14.9 Å². The summed E-state index contributed by atoms with van der Waals surface area (Å²) in [6, 6.07) is 0.646. The van der Waals surface area contributed by atoms with E-state index in [2.05, 4.69) is 9.97 Å². The van der Waals surface area contributed by atoms with E-state index in [4.69, 9.17) is 4.42 Å². The number of nitrogens with zero attached hydrogens (tertiary/aromatic N) is 3. The number of hydrogen-bond acceptors (Lipinski definition) is 5. The summed E-state index contributed by atoms with van der Waals surface area (Å²) in [7, 11) is 0. The molecule has 3 rings (SSSR count). The predicted octanol–water partition coefficient (Wildman–Crippen LogP) is 1.21. The van der Waals surface area contributed by atoms with Crippen LogP contribution in [0.3, 0.4) is 0 Å². The quantitative estimate of drug-likeness (QED) is 0.912. The zero-order chi connectivity index (χ0) is 15.5. The Morgan fingerprint density at radius 1 is 1.41 bits per heavy atom. The van der Waals surface area contributed by atoms with E-state index in [1.807, 2.05) is 0 Å². The van der Waals surface area contributed by atoms with Gasteiger partial charge >= 0.3 is 5.97 Å². The molecule has 22 heavy (non-hydrogen) atoms. The molecule has 1 aliphatic rings. The number of fused-ring (bicyclic) bond motifs is 1. The molecule has 0 aliphatic carbocycles. The minimum atomic E-state index is -1.05. The molecule has 1 atom stereocenters. The van der Waals surface area contributed by atoms with E-state index in [1.165, 1.54) is 11.2 Å². The lowest BCUT2D eigenvalue weighted by atomic mass is 9.98. The number of rotatable bonds is 4. The number of furan rings is 1. The molecular weight excluding hydrogens is 286 g/mol. The standard InChI is InChI=1S/C15H15N3O4/c19-13(2-1-10-9-16-5-6-17-10)18-7-3-12-11(4-8-22-12)14(18)15(20)21/h4-6,8-9,14H,1-3,7H2,(H,20,21). The maximum absolute atomic E-state index is 12.4. The average Bonchev–Trinajstić information content (AvgIpc) is 3.00. The molecule has 1 amide bonds. The lowest BCUT2D eigenvalue weighted by Crippen LogP contribution is -2.43. The molecule has 1 unspecified atom stereocenters. The summed E-state index contributed by atoms with van der Waals surface area (Å²) in [4.78, 5) is 33.4. The Hall–Kier alpha value is -2.70. The summed E-state index contributed by atoms with van der Waals surface area (Å²) in [6.45, 7) is 0.344. The molecule has 7 nitrogen and oxygen atoms in total. The van der Waals surface area contributed by atoms with Crippen molar-refractivity contribution in [3.05, 3.63) is 47.9 Å². The van der Waals surface area contributed by atoms with Gasteiger partial charge in [0.1, 0.15) is 5.76 Å². The molecule has 0 saturated carbocycles. The van der Waals surface area contributed by atoms with Crippen LogP contribution in [-0.4, -0.2) is 38.4 Å². The van der Waals surface area contributed by atoms with Gasteiger partial charge in [-0.1, -0.05) is 0 Å². The van der Waals surface area contributed by atoms with Crippen LogP contribution in [0.4, 0.5) is 0 Å². The van der Waals surface area contributed by atoms with Crippen LogP contribution in [0.25, 0.3) is 0 Å². The number of carbonyl (C=O) groups is 2. The molecule has 0 radical (unpaired) electrons. The first-order valence-electron chi connectivity index (χ1n) is 7.00. The first-order chi connectivity index (χ1) is 10.7. The lowest BCUT2D eigenvalue weighted by Gasteiger charge is -2.32. The van der Waals surface area contributed by atoms with E-state index < -0.39 is 12.0 Å². The second kappa shape index (κ2) is 5.97. The fraction of sp³-hybridized carbons (Fsp3) is 0.333. The first-order valence-corrected chi connectivity index (χ1v) is 7.00. The third kappa shape index (κ3) is 2.69. The van der Waals surface area contributed by atoms with Crippen LogP contribution in [0.15, 0.2) is 35.3 Å². The molecule has 3 heterocycles. The molecule has 7 heteroatoms. The lowest BCUT2D eigenvalue weighted by molar-refractivity contribution is -0.151. The molecule has 114 valence electrons. The minimum Gasteiger partial charge on any atom is -0.479 e. The highest BCUT2D eigenvalue weighted by molar-refractivity contribution is 5.85. The molecule has 0 spiro atoms. The third-order valence-electron chi connectivity index (χ3n) is 3.73. The van der Waals surface area contributed by atoms with E-state index in [0.717, 1.165) is 0 Å². The first kappa shape index (κ1) is 14.2. The number of aryl methyl sites for hydroxylation is 1. The Balaban J connectivity index is 1.73. The largest absolute Gasteiger partial charge is 0.479 e. The highest BCUT2D eigenvalue weighted by Crippen LogP contribution is 2.31. The van der Waals surface area contributed by atoms with Gasteiger partial charge in [-0.05, 0) is 12.5 Å². The van der Waals surface area contributed by atoms with Gasteiger partial charge in [-0.3, -0.25) is 14.8 Å². The number of hydrogen-bond donors (Lipinski definition) is 1. The van der Waals surface area contributed by atoms with Crippen LogP contribution in [0, 0.1) is 0 Å². The van der Waals surface area contributed by atoms with Gasteiger partial charge in [0.25, 0.3) is 0 Å². The zero-order valence-electron chi connectivity index (χ0n) is 11.8. The number of carboxylic acid groups (broad SMARTS) is 1. The van der Waals surface area contributed by atoms with Crippen molar-refractivity contribution in [3.8, 4) is 0 Å². The monoisotopic (exact) mass is 301 g/mol. The van der Waals surface area contributed by atoms with Gasteiger partial charge in [-0.15, -0.1) is 0 Å². The highest BCUT2D eigenvalue weighted by atomic mass is 16.4. The van der Waals surface area contributed by atoms with Crippen molar-refractivity contribution in [2.75, 3.05) is 6.54 Å². The van der Waals surface area contributed by atoms with Gasteiger partial charge in [0, 0.05) is 43.5 Å². The maximum Gasteiger partial charge on any atom is 0.331 e. The van der Waals surface area contributed by atoms with Crippen LogP contribution in [-0.2, 0) is 22.4 Å². The topological polar surface area (TPSA) is 96.5 Å². The Morgan fingerprint density at radius 3 is 3.00 bits per heavy atom. The Morgan fingerprint density at radius 2 is 2.27 bits per heavy atom. The number of aliphatic carboxylic acids is 1. The number of carbonyl (C=O) groups excluding carboxylic acids is 1. The van der Waals surface area contributed by atoms with Gasteiger partial charge < -0.3 is 14.4 Å². The molecule has 2 aromatic rings. The van der Waals surface area contributed by atoms with Gasteiger partial charge in [0.2, 0.25) is 5.91 Å². The second-order valence-corrected chi connectivity index (χ2v) is 5.07. The SMILES string of the molecule is O=C(O)C1c2ccoc2CCN1C(=O)CCc1cnccn1. The average molecular weight is 301 g/mol. The van der Waals surface area contributed by atoms with E-state index in [1.54, 1.807) is 24.7 Å². The molecular formula is C15H15N3O4. The molecule has 0 aromatic carbocycles. The van der Waals surface area contributed by atoms with Gasteiger partial charge in [0.15, 0.2) is 6.04 Å². The number of aromatic nitrogens is 2. The van der Waals surface area contributed by atoms with Crippen LogP contribution in [0.1, 0.15) is 29.5 Å². The number of amides is 1. The summed E-state index contributed by atoms with van der Waals surface area (Å²) in [5.41, 5.74) is 1.27. The fourth-order valence-electron chi connectivity index (χ4n) is 2.69. The van der Waals surface area contributed by atoms with E-state index in [0.29, 0.717) is 36.4 Å². The van der Waals surface area contributed by atoms with Gasteiger partial charge in [0.05, 0.1) is 12.0 Å². The van der Waals surface area contributed by atoms with Crippen molar-refractivity contribution in [2.24, 2.45) is 0 Å². The zero-order valence-corrected chi connectivity index (χ0v) is 11.8. The van der Waals surface area contributed by atoms with E-state index >= 15 is 0 Å². The van der Waals surface area contributed by atoms with Crippen molar-refractivity contribution in [1.29, 1.82) is 0 Å². The molecule has 1 aliphatic heterocycles. The Bertz CT molecular complexity index is 683. The normalized spacial score (nSPS) is 17.1. The molecule has 0 fully saturated rings. The van der Waals surface area contributed by atoms with Crippen molar-refractivity contribution in [3.63, 3.8) is 0 Å². The van der Waals surface area contributed by atoms with Crippen molar-refractivity contribution in [2.45, 2.75) is 25.3 Å². The maximum atomic E-state index is 12.4. The molecule has 1 N–H and O–H groups in total. The summed E-state index contributed by atoms with van der Waals surface area (Å²) >= 11 is 0. The van der Waals surface area contributed by atoms with Gasteiger partial charge in [-0.2, -0.15) is 0 Å². The molecule has 0 saturated heterocycles. The van der Waals surface area contributed by atoms with Crippen LogP contribution < -0.4 is 0 Å². The van der Waals surface area contributed by atoms with E-state index in [-0.39, 0.29) is 12.3 Å². The highest BCUT2D eigenvalue weighted by Gasteiger charge is 2.37. The predicted molar refractivity (Wildman–Crippen MR) is 74.9 cm³/mol. The van der Waals surface area contributed by atoms with Crippen molar-refractivity contribution >= 4 is 11.9 Å². The number of carboxylic acids is 1. The van der Waals surface area contributed by atoms with Crippen LogP contribution >= 0.6 is 0 Å². The summed E-state index contributed by atoms with van der Waals surface area (Å²) in [5, 5.41) is 9.45. The summed E-state index contributed by atoms with van der Waals surface area (Å²) in [6.07, 6.45) is 7.38.